The molecule has 2 aliphatic rings. The van der Waals surface area contributed by atoms with Crippen LogP contribution in [0.3, 0.4) is 0 Å². The van der Waals surface area contributed by atoms with E-state index < -0.39 is 0 Å². The maximum atomic E-state index is 11.8. The summed E-state index contributed by atoms with van der Waals surface area (Å²) >= 11 is 0. The fraction of sp³-hybridized carbons (Fsp3) is 0.636. The Morgan fingerprint density at radius 1 is 1.24 bits per heavy atom. The monoisotopic (exact) mass is 515 g/mol. The molecule has 7 heteroatoms. The molecular formula is C22H34IN3O3. The van der Waals surface area contributed by atoms with Gasteiger partial charge in [-0.25, -0.2) is 0 Å². The number of carbonyl (C=O) groups is 1. The summed E-state index contributed by atoms with van der Waals surface area (Å²) in [5.74, 6) is 0.870. The number of halogens is 1. The van der Waals surface area contributed by atoms with Crippen molar-refractivity contribution in [2.24, 2.45) is 10.9 Å². The second-order valence-corrected chi connectivity index (χ2v) is 7.71. The number of carbonyl (C=O) groups excluding carboxylic acids is 1. The highest BCUT2D eigenvalue weighted by Gasteiger charge is 2.35. The molecular weight excluding hydrogens is 481 g/mol. The van der Waals surface area contributed by atoms with E-state index in [1.54, 1.807) is 0 Å². The van der Waals surface area contributed by atoms with E-state index >= 15 is 0 Å². The van der Waals surface area contributed by atoms with E-state index in [0.717, 1.165) is 71.0 Å². The van der Waals surface area contributed by atoms with E-state index in [9.17, 15) is 4.79 Å². The van der Waals surface area contributed by atoms with Crippen molar-refractivity contribution in [3.63, 3.8) is 0 Å². The van der Waals surface area contributed by atoms with Gasteiger partial charge in [-0.05, 0) is 38.2 Å². The van der Waals surface area contributed by atoms with Crippen LogP contribution in [0.5, 0.6) is 0 Å². The maximum Gasteiger partial charge on any atom is 0.308 e. The second kappa shape index (κ2) is 11.7. The summed E-state index contributed by atoms with van der Waals surface area (Å²) in [4.78, 5) is 19.1. The minimum Gasteiger partial charge on any atom is -0.469 e. The van der Waals surface area contributed by atoms with Crippen LogP contribution in [0, 0.1) is 5.92 Å². The number of aliphatic imine (C=N–C) groups is 1. The number of ether oxygens (including phenoxy) is 2. The van der Waals surface area contributed by atoms with Crippen LogP contribution in [0.25, 0.3) is 0 Å². The Morgan fingerprint density at radius 2 is 1.90 bits per heavy atom. The van der Waals surface area contributed by atoms with Crippen LogP contribution in [0.15, 0.2) is 35.3 Å². The van der Waals surface area contributed by atoms with Crippen molar-refractivity contribution >= 4 is 35.9 Å². The largest absolute Gasteiger partial charge is 0.469 e. The third-order valence-corrected chi connectivity index (χ3v) is 6.03. The number of nitrogens with zero attached hydrogens (tertiary/aromatic N) is 2. The Bertz CT molecular complexity index is 655. The number of nitrogens with one attached hydrogen (secondary N) is 1. The molecule has 29 heavy (non-hydrogen) atoms. The SMILES string of the molecule is CCNC(=NCC1(c2ccccc2)CCOCC1)N1CCC(C(=O)OC)CC1.I. The molecule has 1 aromatic carbocycles. The summed E-state index contributed by atoms with van der Waals surface area (Å²) in [5, 5.41) is 3.45. The summed E-state index contributed by atoms with van der Waals surface area (Å²) in [6, 6.07) is 10.7. The molecule has 2 heterocycles. The van der Waals surface area contributed by atoms with E-state index in [1.807, 2.05) is 0 Å². The molecule has 6 nitrogen and oxygen atoms in total. The molecule has 0 bridgehead atoms. The van der Waals surface area contributed by atoms with E-state index in [2.05, 4.69) is 47.5 Å². The zero-order valence-electron chi connectivity index (χ0n) is 17.6. The van der Waals surface area contributed by atoms with E-state index in [1.165, 1.54) is 12.7 Å². The third-order valence-electron chi connectivity index (χ3n) is 6.03. The first-order valence-electron chi connectivity index (χ1n) is 10.4. The molecule has 0 saturated carbocycles. The second-order valence-electron chi connectivity index (χ2n) is 7.71. The molecule has 162 valence electrons. The Hall–Kier alpha value is -1.35. The molecule has 0 unspecified atom stereocenters. The van der Waals surface area contributed by atoms with E-state index in [4.69, 9.17) is 14.5 Å². The number of rotatable bonds is 5. The van der Waals surface area contributed by atoms with Crippen molar-refractivity contribution in [1.29, 1.82) is 0 Å². The number of hydrogen-bond donors (Lipinski definition) is 1. The lowest BCUT2D eigenvalue weighted by Gasteiger charge is -2.38. The average Bonchev–Trinajstić information content (AvgIpc) is 2.77. The molecule has 2 fully saturated rings. The van der Waals surface area contributed by atoms with Gasteiger partial charge in [-0.1, -0.05) is 30.3 Å². The molecule has 1 aromatic rings. The van der Waals surface area contributed by atoms with E-state index in [0.29, 0.717) is 0 Å². The highest BCUT2D eigenvalue weighted by atomic mass is 127. The van der Waals surface area contributed by atoms with Crippen molar-refractivity contribution in [3.8, 4) is 0 Å². The third kappa shape index (κ3) is 6.07. The van der Waals surface area contributed by atoms with Crippen molar-refractivity contribution in [2.45, 2.75) is 38.0 Å². The van der Waals surface area contributed by atoms with Crippen LogP contribution in [0.1, 0.15) is 38.2 Å². The molecule has 0 spiro atoms. The van der Waals surface area contributed by atoms with Gasteiger partial charge in [-0.15, -0.1) is 24.0 Å². The number of esters is 1. The van der Waals surface area contributed by atoms with Crippen LogP contribution in [0.4, 0.5) is 0 Å². The van der Waals surface area contributed by atoms with Crippen LogP contribution >= 0.6 is 24.0 Å². The fourth-order valence-corrected chi connectivity index (χ4v) is 4.24. The zero-order valence-corrected chi connectivity index (χ0v) is 19.9. The van der Waals surface area contributed by atoms with Gasteiger partial charge in [0.1, 0.15) is 0 Å². The van der Waals surface area contributed by atoms with E-state index in [-0.39, 0.29) is 41.3 Å². The lowest BCUT2D eigenvalue weighted by atomic mass is 9.74. The normalized spacial score (nSPS) is 19.9. The number of methoxy groups -OCH3 is 1. The first-order valence-corrected chi connectivity index (χ1v) is 10.4. The number of guanidine groups is 1. The van der Waals surface area contributed by atoms with Gasteiger partial charge in [-0.3, -0.25) is 9.79 Å². The van der Waals surface area contributed by atoms with Crippen molar-refractivity contribution in [3.05, 3.63) is 35.9 Å². The van der Waals surface area contributed by atoms with Crippen molar-refractivity contribution in [1.82, 2.24) is 10.2 Å². The minimum absolute atomic E-state index is 0. The van der Waals surface area contributed by atoms with Crippen LogP contribution < -0.4 is 5.32 Å². The van der Waals surface area contributed by atoms with Crippen LogP contribution in [-0.2, 0) is 19.7 Å². The topological polar surface area (TPSA) is 63.2 Å². The molecule has 1 N–H and O–H groups in total. The summed E-state index contributed by atoms with van der Waals surface area (Å²) in [5.41, 5.74) is 1.38. The van der Waals surface area contributed by atoms with Gasteiger partial charge >= 0.3 is 5.97 Å². The van der Waals surface area contributed by atoms with Crippen LogP contribution in [-0.4, -0.2) is 63.3 Å². The Kier molecular flexibility index (Phi) is 9.68. The highest BCUT2D eigenvalue weighted by molar-refractivity contribution is 14.0. The standard InChI is InChI=1S/C22H33N3O3.HI/c1-3-23-21(25-13-9-18(10-14-25)20(26)27-2)24-17-22(11-15-28-16-12-22)19-7-5-4-6-8-19;/h4-8,18H,3,9-17H2,1-2H3,(H,23,24);1H. The van der Waals surface area contributed by atoms with Gasteiger partial charge in [0.05, 0.1) is 19.6 Å². The molecule has 0 aliphatic carbocycles. The van der Waals surface area contributed by atoms with Gasteiger partial charge in [0, 0.05) is 38.3 Å². The number of piperidine rings is 1. The van der Waals surface area contributed by atoms with Crippen LogP contribution in [0.2, 0.25) is 0 Å². The first-order chi connectivity index (χ1) is 13.7. The summed E-state index contributed by atoms with van der Waals surface area (Å²) in [7, 11) is 1.47. The number of benzene rings is 1. The average molecular weight is 515 g/mol. The first kappa shape index (κ1) is 23.9. The maximum absolute atomic E-state index is 11.8. The Balaban J connectivity index is 0.00000300. The van der Waals surface area contributed by atoms with Gasteiger partial charge in [-0.2, -0.15) is 0 Å². The zero-order chi connectivity index (χ0) is 19.8. The summed E-state index contributed by atoms with van der Waals surface area (Å²) in [6.07, 6.45) is 3.61. The molecule has 2 aliphatic heterocycles. The summed E-state index contributed by atoms with van der Waals surface area (Å²) in [6.45, 7) is 6.89. The number of likely N-dealkylation sites (tertiary alicyclic amines) is 1. The smallest absolute Gasteiger partial charge is 0.308 e. The summed E-state index contributed by atoms with van der Waals surface area (Å²) < 4.78 is 10.6. The molecule has 0 aromatic heterocycles. The predicted octanol–water partition coefficient (Wildman–Crippen LogP) is 3.20. The predicted molar refractivity (Wildman–Crippen MR) is 126 cm³/mol. The molecule has 0 atom stereocenters. The van der Waals surface area contributed by atoms with Gasteiger partial charge in [0.25, 0.3) is 0 Å². The lowest BCUT2D eigenvalue weighted by Crippen LogP contribution is -2.47. The molecule has 2 saturated heterocycles. The Labute approximate surface area is 191 Å². The quantitative estimate of drug-likeness (QED) is 0.283. The minimum atomic E-state index is -0.0909. The number of hydrogen-bond acceptors (Lipinski definition) is 4. The lowest BCUT2D eigenvalue weighted by molar-refractivity contribution is -0.146. The van der Waals surface area contributed by atoms with Crippen molar-refractivity contribution < 1.29 is 14.3 Å². The van der Waals surface area contributed by atoms with Crippen molar-refractivity contribution in [2.75, 3.05) is 46.5 Å². The van der Waals surface area contributed by atoms with Gasteiger partial charge in [0.2, 0.25) is 0 Å². The Morgan fingerprint density at radius 3 is 2.48 bits per heavy atom. The van der Waals surface area contributed by atoms with Gasteiger partial charge < -0.3 is 19.7 Å². The van der Waals surface area contributed by atoms with Gasteiger partial charge in [0.15, 0.2) is 5.96 Å². The fourth-order valence-electron chi connectivity index (χ4n) is 4.24. The molecule has 0 radical (unpaired) electrons. The highest BCUT2D eigenvalue weighted by Crippen LogP contribution is 2.35. The molecule has 3 rings (SSSR count). The molecule has 0 amide bonds.